The number of amides is 1. The Morgan fingerprint density at radius 1 is 0.653 bits per heavy atom. The molecule has 0 bridgehead atoms. The molecule has 1 fully saturated rings. The van der Waals surface area contributed by atoms with Crippen LogP contribution in [0.15, 0.2) is 60.7 Å². The van der Waals surface area contributed by atoms with Crippen LogP contribution in [0.2, 0.25) is 0 Å². The predicted octanol–water partition coefficient (Wildman–Crippen LogP) is 7.39. The molecule has 6 atom stereocenters. The Labute approximate surface area is 430 Å². The number of unbranched alkanes of at least 4 members (excludes halogenated alkanes) is 18. The second kappa shape index (κ2) is 38.9. The number of quaternary nitrogens is 1. The van der Waals surface area contributed by atoms with Crippen molar-refractivity contribution in [3.8, 4) is 0 Å². The van der Waals surface area contributed by atoms with Gasteiger partial charge in [0, 0.05) is 12.8 Å². The van der Waals surface area contributed by atoms with Crippen molar-refractivity contribution < 1.29 is 75.8 Å². The number of aryl methyl sites for hydroxylation is 2. The lowest BCUT2D eigenvalue weighted by atomic mass is 9.96. The van der Waals surface area contributed by atoms with E-state index in [1.165, 1.54) is 36.8 Å². The lowest BCUT2D eigenvalue weighted by molar-refractivity contribution is -0.959. The van der Waals surface area contributed by atoms with Crippen LogP contribution in [0.4, 0.5) is 0 Å². The number of hydrogen-bond acceptors (Lipinski definition) is 15. The van der Waals surface area contributed by atoms with Crippen LogP contribution in [0.25, 0.3) is 0 Å². The Morgan fingerprint density at radius 3 is 1.54 bits per heavy atom. The van der Waals surface area contributed by atoms with E-state index >= 15 is 0 Å². The van der Waals surface area contributed by atoms with Crippen molar-refractivity contribution in [1.29, 1.82) is 0 Å². The van der Waals surface area contributed by atoms with E-state index in [4.69, 9.17) is 33.7 Å². The Hall–Kier alpha value is -3.56. The highest BCUT2D eigenvalue weighted by atomic mass is 32.3. The van der Waals surface area contributed by atoms with Gasteiger partial charge >= 0.3 is 11.9 Å². The molecule has 0 saturated carbocycles. The highest BCUT2D eigenvalue weighted by Gasteiger charge is 2.50. The molecule has 0 aromatic heterocycles. The number of nitrogens with one attached hydrogen (secondary N) is 1. The van der Waals surface area contributed by atoms with Gasteiger partial charge in [0.1, 0.15) is 24.4 Å². The molecule has 412 valence electrons. The topological polar surface area (TPSA) is 259 Å². The lowest BCUT2D eigenvalue weighted by Gasteiger charge is -2.43. The van der Waals surface area contributed by atoms with Crippen molar-refractivity contribution in [2.24, 2.45) is 0 Å². The number of esters is 2. The molecule has 2 aromatic rings. The van der Waals surface area contributed by atoms with E-state index in [1.807, 2.05) is 24.3 Å². The van der Waals surface area contributed by atoms with Crippen LogP contribution in [0, 0.1) is 0 Å². The quantitative estimate of drug-likeness (QED) is 0.00953. The van der Waals surface area contributed by atoms with Crippen molar-refractivity contribution in [3.63, 3.8) is 0 Å². The van der Waals surface area contributed by atoms with Gasteiger partial charge < -0.3 is 49.6 Å². The third kappa shape index (κ3) is 30.0. The molecule has 1 saturated heterocycles. The van der Waals surface area contributed by atoms with Gasteiger partial charge in [-0.25, -0.2) is 8.42 Å². The van der Waals surface area contributed by atoms with Crippen LogP contribution >= 0.6 is 0 Å². The van der Waals surface area contributed by atoms with Crippen molar-refractivity contribution in [1.82, 2.24) is 5.32 Å². The maximum atomic E-state index is 13.7. The summed E-state index contributed by atoms with van der Waals surface area (Å²) < 4.78 is 57.0. The fraction of sp³-hybridized carbons (Fsp3) is 0.722. The third-order valence-electron chi connectivity index (χ3n) is 12.9. The summed E-state index contributed by atoms with van der Waals surface area (Å²) in [4.78, 5) is 39.9. The first-order valence-corrected chi connectivity index (χ1v) is 28.0. The highest BCUT2D eigenvalue weighted by molar-refractivity contribution is 7.80. The molecule has 1 heterocycles. The van der Waals surface area contributed by atoms with E-state index < -0.39 is 71.6 Å². The van der Waals surface area contributed by atoms with Crippen molar-refractivity contribution in [3.05, 3.63) is 71.8 Å². The summed E-state index contributed by atoms with van der Waals surface area (Å²) in [5, 5.41) is 48.9. The molecule has 1 aliphatic heterocycles. The zero-order valence-corrected chi connectivity index (χ0v) is 44.1. The summed E-state index contributed by atoms with van der Waals surface area (Å²) in [5.74, 6) is -1.85. The second-order valence-corrected chi connectivity index (χ2v) is 20.5. The highest BCUT2D eigenvalue weighted by Crippen LogP contribution is 2.28. The average molecular weight is 1040 g/mol. The first kappa shape index (κ1) is 64.6. The second-order valence-electron chi connectivity index (χ2n) is 19.5. The van der Waals surface area contributed by atoms with Gasteiger partial charge in [-0.2, -0.15) is 0 Å². The Kier molecular flexibility index (Phi) is 34.9. The molecule has 3 rings (SSSR count). The molecule has 17 nitrogen and oxygen atoms in total. The predicted molar refractivity (Wildman–Crippen MR) is 273 cm³/mol. The first-order chi connectivity index (χ1) is 34.7. The first-order valence-electron chi connectivity index (χ1n) is 26.7. The molecule has 18 heteroatoms. The number of ether oxygens (including phenoxy) is 3. The summed E-state index contributed by atoms with van der Waals surface area (Å²) in [7, 11) is -3.88. The zero-order chi connectivity index (χ0) is 52.9. The zero-order valence-electron chi connectivity index (χ0n) is 43.3. The molecule has 1 amide bonds. The Bertz CT molecular complexity index is 1800. The van der Waals surface area contributed by atoms with Gasteiger partial charge in [0.15, 0.2) is 32.6 Å². The van der Waals surface area contributed by atoms with E-state index in [1.54, 1.807) is 7.05 Å². The van der Waals surface area contributed by atoms with Crippen LogP contribution in [0.1, 0.15) is 179 Å². The third-order valence-corrected chi connectivity index (χ3v) is 13.4. The number of hydrogen-bond donors (Lipinski definition) is 6. The van der Waals surface area contributed by atoms with E-state index in [-0.39, 0.29) is 43.9 Å². The number of aliphatic hydroxyl groups is 5. The van der Waals surface area contributed by atoms with Crippen molar-refractivity contribution in [2.45, 2.75) is 217 Å². The molecule has 0 radical (unpaired) electrons. The largest absolute Gasteiger partial charge is 0.726 e. The smallest absolute Gasteiger partial charge is 0.306 e. The standard InChI is InChI=1S/C50H79NO12S.C4H12NO3/c1-2-3-4-5-6-7-8-15-26-35-42(60-45(54)36-27-16-11-9-13-20-29-40-31-22-18-23-32-40)38-44(53)51-47-49(48(63-64(57,58)59)43(39-52)61-50(47)56)62-46(55)37-28-17-12-10-14-21-30-41-33-24-19-25-34-41;1-5(2-6,3-7)4-8/h18-19,22-25,31-34,42-43,47-50,52,56H,2-17,20-21,26-30,35-39H2,1H3,(H,51,53)(H,57,58,59);6-8H,2-4H2,1H3/q;+1/p-1/t42-,43+,47+,48+,49+,50?;/m0./s1. The van der Waals surface area contributed by atoms with Crippen LogP contribution in [-0.2, 0) is 56.0 Å². The number of nitrogens with zero attached hydrogens (tertiary/aromatic N) is 1. The summed E-state index contributed by atoms with van der Waals surface area (Å²) in [6.45, 7) is 0.573. The van der Waals surface area contributed by atoms with E-state index in [0.29, 0.717) is 19.3 Å². The molecule has 0 spiro atoms. The monoisotopic (exact) mass is 1040 g/mol. The molecule has 6 N–H and O–H groups in total. The van der Waals surface area contributed by atoms with E-state index in [0.717, 1.165) is 109 Å². The molecular formula is C54H90N2O15S. The van der Waals surface area contributed by atoms with Gasteiger partial charge in [0.25, 0.3) is 0 Å². The van der Waals surface area contributed by atoms with Crippen molar-refractivity contribution >= 4 is 28.2 Å². The minimum absolute atomic E-state index is 0.0518. The van der Waals surface area contributed by atoms with Crippen LogP contribution in [0.3, 0.4) is 0 Å². The maximum absolute atomic E-state index is 13.7. The summed E-state index contributed by atoms with van der Waals surface area (Å²) in [6, 6.07) is 19.1. The SMILES string of the molecule is CCCCCCCCCCC[C@@H](CC(=O)N[C@H]1C(O)O[C@H](CO)[C@@H](OS(=O)(=O)[O-])[C@@H]1OC(=O)CCCCCCCCc1ccccc1)OC(=O)CCCCCCCCc1ccccc1.C[N+](CO)(CO)CO. The lowest BCUT2D eigenvalue weighted by Crippen LogP contribution is -2.66. The van der Waals surface area contributed by atoms with Gasteiger partial charge in [-0.3, -0.25) is 23.0 Å². The van der Waals surface area contributed by atoms with Gasteiger partial charge in [0.2, 0.25) is 16.3 Å². The molecular weight excluding hydrogens is 949 g/mol. The van der Waals surface area contributed by atoms with Gasteiger partial charge in [-0.05, 0) is 62.5 Å². The Morgan fingerprint density at radius 2 is 1.10 bits per heavy atom. The molecule has 1 aliphatic rings. The fourth-order valence-electron chi connectivity index (χ4n) is 8.44. The number of carbonyl (C=O) groups is 3. The summed E-state index contributed by atoms with van der Waals surface area (Å²) in [5.41, 5.74) is 2.63. The Balaban J connectivity index is 0.00000203. The number of aliphatic hydroxyl groups excluding tert-OH is 5. The van der Waals surface area contributed by atoms with Crippen molar-refractivity contribution in [2.75, 3.05) is 33.8 Å². The maximum Gasteiger partial charge on any atom is 0.306 e. The summed E-state index contributed by atoms with van der Waals surface area (Å²) in [6.07, 6.45) is 15.4. The van der Waals surface area contributed by atoms with Gasteiger partial charge in [-0.15, -0.1) is 0 Å². The molecule has 2 aromatic carbocycles. The minimum atomic E-state index is -5.42. The molecule has 72 heavy (non-hydrogen) atoms. The van der Waals surface area contributed by atoms with Gasteiger partial charge in [-0.1, -0.05) is 170 Å². The molecule has 1 unspecified atom stereocenters. The van der Waals surface area contributed by atoms with Crippen LogP contribution < -0.4 is 5.32 Å². The normalized spacial score (nSPS) is 18.4. The van der Waals surface area contributed by atoms with Gasteiger partial charge in [0.05, 0.1) is 20.1 Å². The molecule has 0 aliphatic carbocycles. The van der Waals surface area contributed by atoms with E-state index in [2.05, 4.69) is 48.6 Å². The van der Waals surface area contributed by atoms with E-state index in [9.17, 15) is 37.6 Å². The number of carbonyl (C=O) groups excluding carboxylic acids is 3. The van der Waals surface area contributed by atoms with Crippen LogP contribution in [0.5, 0.6) is 0 Å². The average Bonchev–Trinajstić information content (AvgIpc) is 3.36. The fourth-order valence-corrected chi connectivity index (χ4v) is 8.95. The van der Waals surface area contributed by atoms with Crippen LogP contribution in [-0.4, -0.2) is 131 Å². The summed E-state index contributed by atoms with van der Waals surface area (Å²) >= 11 is 0. The number of benzene rings is 2. The number of rotatable bonds is 39. The minimum Gasteiger partial charge on any atom is -0.726 e.